The molecule has 2 rings (SSSR count). The Morgan fingerprint density at radius 2 is 1.47 bits per heavy atom. The Kier molecular flexibility index (Phi) is 2.32. The van der Waals surface area contributed by atoms with Gasteiger partial charge in [0.05, 0.1) is 11.2 Å². The minimum absolute atomic E-state index is 0.336. The monoisotopic (exact) mass is 206 g/mol. The highest BCUT2D eigenvalue weighted by molar-refractivity contribution is 6.60. The van der Waals surface area contributed by atoms with E-state index in [-0.39, 0.29) is 11.2 Å². The highest BCUT2D eigenvalue weighted by Gasteiger charge is 2.52. The number of hydrogen-bond acceptors (Lipinski definition) is 4. The molecule has 0 bridgehead atoms. The van der Waals surface area contributed by atoms with Crippen molar-refractivity contribution in [3.63, 3.8) is 0 Å². The third-order valence-corrected chi connectivity index (χ3v) is 3.05. The van der Waals surface area contributed by atoms with Crippen LogP contribution in [0.1, 0.15) is 27.7 Å². The fourth-order valence-corrected chi connectivity index (χ4v) is 1.38. The van der Waals surface area contributed by atoms with Crippen LogP contribution in [-0.4, -0.2) is 28.3 Å². The minimum atomic E-state index is -0.462. The van der Waals surface area contributed by atoms with Crippen LogP contribution < -0.4 is 5.72 Å². The van der Waals surface area contributed by atoms with Crippen molar-refractivity contribution in [2.24, 2.45) is 0 Å². The Labute approximate surface area is 90.2 Å². The van der Waals surface area contributed by atoms with Gasteiger partial charge in [-0.1, -0.05) is 0 Å². The normalized spacial score (nSPS) is 23.1. The quantitative estimate of drug-likeness (QED) is 0.636. The number of aromatic nitrogens is 2. The first-order valence-corrected chi connectivity index (χ1v) is 5.05. The van der Waals surface area contributed by atoms with Gasteiger partial charge in [0.2, 0.25) is 0 Å². The molecule has 80 valence electrons. The summed E-state index contributed by atoms with van der Waals surface area (Å²) in [5.41, 5.74) is -0.0931. The molecule has 15 heavy (non-hydrogen) atoms. The number of hydrogen-bond donors (Lipinski definition) is 0. The van der Waals surface area contributed by atoms with Crippen LogP contribution in [0.15, 0.2) is 18.5 Å². The summed E-state index contributed by atoms with van der Waals surface area (Å²) in [6.45, 7) is 8.04. The van der Waals surface area contributed by atoms with Crippen LogP contribution >= 0.6 is 0 Å². The summed E-state index contributed by atoms with van der Waals surface area (Å²) in [4.78, 5) is 8.26. The largest absolute Gasteiger partial charge is 0.534 e. The molecule has 1 aliphatic heterocycles. The molecule has 1 saturated heterocycles. The van der Waals surface area contributed by atoms with Crippen molar-refractivity contribution in [1.82, 2.24) is 9.97 Å². The van der Waals surface area contributed by atoms with Gasteiger partial charge in [-0.3, -0.25) is 0 Å². The molecule has 0 unspecified atom stereocenters. The van der Waals surface area contributed by atoms with Gasteiger partial charge in [-0.25, -0.2) is 9.97 Å². The first-order valence-electron chi connectivity index (χ1n) is 5.05. The predicted molar refractivity (Wildman–Crippen MR) is 57.7 cm³/mol. The van der Waals surface area contributed by atoms with Crippen molar-refractivity contribution in [2.45, 2.75) is 38.9 Å². The van der Waals surface area contributed by atoms with Crippen molar-refractivity contribution >= 4 is 12.8 Å². The average Bonchev–Trinajstić information content (AvgIpc) is 2.38. The average molecular weight is 206 g/mol. The van der Waals surface area contributed by atoms with E-state index in [0.29, 0.717) is 5.72 Å². The van der Waals surface area contributed by atoms with Gasteiger partial charge in [0.15, 0.2) is 5.72 Å². The summed E-state index contributed by atoms with van der Waals surface area (Å²) in [5, 5.41) is 0. The zero-order valence-corrected chi connectivity index (χ0v) is 9.52. The zero-order valence-electron chi connectivity index (χ0n) is 9.52. The van der Waals surface area contributed by atoms with Crippen molar-refractivity contribution in [3.8, 4) is 0 Å². The maximum absolute atomic E-state index is 5.80. The van der Waals surface area contributed by atoms with E-state index in [0.717, 1.165) is 0 Å². The maximum atomic E-state index is 5.80. The molecule has 0 atom stereocenters. The lowest BCUT2D eigenvalue weighted by Gasteiger charge is -2.32. The molecule has 1 aromatic heterocycles. The smallest absolute Gasteiger partial charge is 0.397 e. The number of nitrogens with zero attached hydrogens (tertiary/aromatic N) is 2. The van der Waals surface area contributed by atoms with Crippen LogP contribution in [0, 0.1) is 0 Å². The number of rotatable bonds is 1. The van der Waals surface area contributed by atoms with Crippen LogP contribution in [0.25, 0.3) is 0 Å². The predicted octanol–water partition coefficient (Wildman–Crippen LogP) is 0.776. The van der Waals surface area contributed by atoms with E-state index in [9.17, 15) is 0 Å². The molecule has 1 fully saturated rings. The van der Waals surface area contributed by atoms with Gasteiger partial charge in [-0.15, -0.1) is 0 Å². The molecule has 5 heteroatoms. The zero-order chi connectivity index (χ0) is 11.1. The van der Waals surface area contributed by atoms with Gasteiger partial charge < -0.3 is 9.31 Å². The van der Waals surface area contributed by atoms with Crippen molar-refractivity contribution in [3.05, 3.63) is 18.5 Å². The molecule has 0 radical (unpaired) electrons. The second kappa shape index (κ2) is 3.28. The lowest BCUT2D eigenvalue weighted by atomic mass is 9.89. The summed E-state index contributed by atoms with van der Waals surface area (Å²) in [5.74, 6) is 0. The van der Waals surface area contributed by atoms with Crippen molar-refractivity contribution in [2.75, 3.05) is 0 Å². The van der Waals surface area contributed by atoms with Gasteiger partial charge in [-0.05, 0) is 33.8 Å². The van der Waals surface area contributed by atoms with E-state index in [1.165, 1.54) is 0 Å². The van der Waals surface area contributed by atoms with E-state index in [1.807, 2.05) is 27.7 Å². The molecular formula is C10H15BN2O2. The highest BCUT2D eigenvalue weighted by Crippen LogP contribution is 2.36. The molecule has 2 heterocycles. The topological polar surface area (TPSA) is 44.2 Å². The second-order valence-electron chi connectivity index (χ2n) is 4.70. The summed E-state index contributed by atoms with van der Waals surface area (Å²) < 4.78 is 11.6. The molecule has 0 aromatic carbocycles. The van der Waals surface area contributed by atoms with Crippen molar-refractivity contribution in [1.29, 1.82) is 0 Å². The van der Waals surface area contributed by atoms with Gasteiger partial charge in [0, 0.05) is 12.4 Å². The SMILES string of the molecule is CC1(C)OB(c2ncccn2)OC1(C)C. The van der Waals surface area contributed by atoms with Crippen LogP contribution in [0.2, 0.25) is 0 Å². The van der Waals surface area contributed by atoms with Crippen LogP contribution in [-0.2, 0) is 9.31 Å². The van der Waals surface area contributed by atoms with Crippen molar-refractivity contribution < 1.29 is 9.31 Å². The second-order valence-corrected chi connectivity index (χ2v) is 4.70. The molecule has 0 saturated carbocycles. The van der Waals surface area contributed by atoms with Gasteiger partial charge in [0.1, 0.15) is 0 Å². The van der Waals surface area contributed by atoms with Crippen LogP contribution in [0.5, 0.6) is 0 Å². The third kappa shape index (κ3) is 1.77. The molecular weight excluding hydrogens is 191 g/mol. The standard InChI is InChI=1S/C10H15BN2O2/c1-9(2)10(3,4)15-11(14-9)8-12-6-5-7-13-8/h5-7H,1-4H3. The summed E-state index contributed by atoms with van der Waals surface area (Å²) in [6, 6.07) is 1.77. The Morgan fingerprint density at radius 1 is 1.00 bits per heavy atom. The van der Waals surface area contributed by atoms with E-state index >= 15 is 0 Å². The fourth-order valence-electron chi connectivity index (χ4n) is 1.38. The van der Waals surface area contributed by atoms with Crippen LogP contribution in [0.3, 0.4) is 0 Å². The van der Waals surface area contributed by atoms with Gasteiger partial charge >= 0.3 is 7.12 Å². The molecule has 0 spiro atoms. The molecule has 1 aliphatic rings. The lowest BCUT2D eigenvalue weighted by molar-refractivity contribution is 0.00578. The Bertz CT molecular complexity index is 338. The van der Waals surface area contributed by atoms with E-state index in [4.69, 9.17) is 9.31 Å². The Morgan fingerprint density at radius 3 is 1.93 bits per heavy atom. The summed E-state index contributed by atoms with van der Waals surface area (Å²) in [6.07, 6.45) is 3.38. The lowest BCUT2D eigenvalue weighted by Crippen LogP contribution is -2.41. The van der Waals surface area contributed by atoms with E-state index < -0.39 is 7.12 Å². The summed E-state index contributed by atoms with van der Waals surface area (Å²) >= 11 is 0. The van der Waals surface area contributed by atoms with Gasteiger partial charge in [-0.2, -0.15) is 0 Å². The molecule has 1 aromatic rings. The molecule has 4 nitrogen and oxygen atoms in total. The van der Waals surface area contributed by atoms with E-state index in [1.54, 1.807) is 18.5 Å². The molecule has 0 amide bonds. The highest BCUT2D eigenvalue weighted by atomic mass is 16.7. The third-order valence-electron chi connectivity index (χ3n) is 3.05. The summed E-state index contributed by atoms with van der Waals surface area (Å²) in [7, 11) is -0.462. The first kappa shape index (κ1) is 10.6. The van der Waals surface area contributed by atoms with Gasteiger partial charge in [0.25, 0.3) is 0 Å². The molecule has 0 N–H and O–H groups in total. The fraction of sp³-hybridized carbons (Fsp3) is 0.600. The minimum Gasteiger partial charge on any atom is -0.397 e. The Balaban J connectivity index is 2.24. The Hall–Kier alpha value is -0.935. The van der Waals surface area contributed by atoms with E-state index in [2.05, 4.69) is 9.97 Å². The van der Waals surface area contributed by atoms with Crippen LogP contribution in [0.4, 0.5) is 0 Å². The maximum Gasteiger partial charge on any atom is 0.534 e. The first-order chi connectivity index (χ1) is 6.92. The molecule has 0 aliphatic carbocycles.